The summed E-state index contributed by atoms with van der Waals surface area (Å²) in [6.07, 6.45) is 0. The Morgan fingerprint density at radius 3 is 0.682 bits per heavy atom. The monoisotopic (exact) mass is 1130 g/mol. The normalized spacial score (nSPS) is 11.4. The number of nitrogens with zero attached hydrogens (tertiary/aromatic N) is 2. The third-order valence-electron chi connectivity index (χ3n) is 16.9. The molecule has 13 aromatic carbocycles. The molecule has 6 heteroatoms. The standard InChI is InChI=1S/C82H52N2O4/c85-79(57-17-5-1-6-18-57)61-37-29-53(30-38-61)65-47-66(54-31-39-62(40-32-54)80(86)58-19-7-2-8-20-58)50-69(49-65)83-73-27-15-13-25-71(73)77-75(83)45-46-76-78(77)72-26-14-16-28-74(72)84(76)70-51-67(55-33-41-63(42-34-55)81(87)59-21-9-3-10-22-59)48-68(52-70)56-35-43-64(44-36-56)82(88)60-23-11-4-12-24-60/h1-52H. The summed E-state index contributed by atoms with van der Waals surface area (Å²) in [7, 11) is 0. The zero-order chi connectivity index (χ0) is 59.2. The van der Waals surface area contributed by atoms with Gasteiger partial charge in [-0.25, -0.2) is 0 Å². The van der Waals surface area contributed by atoms with E-state index in [-0.39, 0.29) is 23.1 Å². The van der Waals surface area contributed by atoms with Gasteiger partial charge in [0.1, 0.15) is 0 Å². The van der Waals surface area contributed by atoms with E-state index >= 15 is 0 Å². The fourth-order valence-corrected chi connectivity index (χ4v) is 12.5. The molecular weight excluding hydrogens is 1080 g/mol. The summed E-state index contributed by atoms with van der Waals surface area (Å²) in [4.78, 5) is 54.6. The average Bonchev–Trinajstić information content (AvgIpc) is 1.60. The maximum absolute atomic E-state index is 13.6. The van der Waals surface area contributed by atoms with Gasteiger partial charge in [-0.15, -0.1) is 0 Å². The Morgan fingerprint density at radius 2 is 0.420 bits per heavy atom. The van der Waals surface area contributed by atoms with E-state index in [1.807, 2.05) is 218 Å². The molecule has 0 fully saturated rings. The molecule has 6 nitrogen and oxygen atoms in total. The number of hydrogen-bond acceptors (Lipinski definition) is 4. The van der Waals surface area contributed by atoms with Crippen LogP contribution in [0.3, 0.4) is 0 Å². The van der Waals surface area contributed by atoms with Crippen molar-refractivity contribution in [2.24, 2.45) is 0 Å². The minimum Gasteiger partial charge on any atom is -0.309 e. The summed E-state index contributed by atoms with van der Waals surface area (Å²) in [6.45, 7) is 0. The Labute approximate surface area is 508 Å². The van der Waals surface area contributed by atoms with E-state index in [0.717, 1.165) is 99.5 Å². The highest BCUT2D eigenvalue weighted by molar-refractivity contribution is 6.29. The molecule has 88 heavy (non-hydrogen) atoms. The van der Waals surface area contributed by atoms with Crippen molar-refractivity contribution in [2.75, 3.05) is 0 Å². The highest BCUT2D eigenvalue weighted by Crippen LogP contribution is 2.44. The lowest BCUT2D eigenvalue weighted by Gasteiger charge is -2.15. The first-order valence-electron chi connectivity index (χ1n) is 29.4. The van der Waals surface area contributed by atoms with Crippen molar-refractivity contribution in [3.63, 3.8) is 0 Å². The second-order valence-corrected chi connectivity index (χ2v) is 22.2. The zero-order valence-corrected chi connectivity index (χ0v) is 47.5. The first-order chi connectivity index (χ1) is 43.3. The number of carbonyl (C=O) groups excluding carboxylic acids is 4. The van der Waals surface area contributed by atoms with E-state index in [0.29, 0.717) is 44.5 Å². The molecule has 0 amide bonds. The maximum Gasteiger partial charge on any atom is 0.193 e. The molecule has 414 valence electrons. The van der Waals surface area contributed by atoms with Gasteiger partial charge in [0.15, 0.2) is 23.1 Å². The van der Waals surface area contributed by atoms with Crippen molar-refractivity contribution in [3.8, 4) is 55.9 Å². The minimum atomic E-state index is -0.0378. The van der Waals surface area contributed by atoms with E-state index in [4.69, 9.17) is 0 Å². The van der Waals surface area contributed by atoms with Crippen molar-refractivity contribution in [3.05, 3.63) is 360 Å². The Hall–Kier alpha value is -11.9. The molecule has 2 heterocycles. The number of rotatable bonds is 14. The number of carbonyl (C=O) groups is 4. The number of fused-ring (bicyclic) bond motifs is 7. The highest BCUT2D eigenvalue weighted by atomic mass is 16.1. The average molecular weight is 1130 g/mol. The molecule has 0 aliphatic rings. The smallest absolute Gasteiger partial charge is 0.193 e. The molecule has 0 N–H and O–H groups in total. The van der Waals surface area contributed by atoms with Gasteiger partial charge in [0, 0.05) is 77.4 Å². The first kappa shape index (κ1) is 52.9. The van der Waals surface area contributed by atoms with Crippen LogP contribution in [0.25, 0.3) is 99.5 Å². The Kier molecular flexibility index (Phi) is 13.4. The number of ketones is 4. The lowest BCUT2D eigenvalue weighted by molar-refractivity contribution is 0.103. The van der Waals surface area contributed by atoms with Crippen molar-refractivity contribution in [1.82, 2.24) is 9.13 Å². The van der Waals surface area contributed by atoms with E-state index in [1.165, 1.54) is 0 Å². The Balaban J connectivity index is 0.900. The maximum atomic E-state index is 13.6. The van der Waals surface area contributed by atoms with Crippen LogP contribution in [0.5, 0.6) is 0 Å². The lowest BCUT2D eigenvalue weighted by atomic mass is 9.95. The predicted molar refractivity (Wildman–Crippen MR) is 356 cm³/mol. The van der Waals surface area contributed by atoms with Gasteiger partial charge in [0.25, 0.3) is 0 Å². The van der Waals surface area contributed by atoms with Crippen LogP contribution in [0.4, 0.5) is 0 Å². The Bertz CT molecular complexity index is 4650. The molecule has 15 aromatic rings. The molecule has 0 aliphatic carbocycles. The van der Waals surface area contributed by atoms with Crippen molar-refractivity contribution >= 4 is 66.7 Å². The minimum absolute atomic E-state index is 0.0378. The second-order valence-electron chi connectivity index (χ2n) is 22.2. The van der Waals surface area contributed by atoms with E-state index in [9.17, 15) is 19.2 Å². The van der Waals surface area contributed by atoms with E-state index < -0.39 is 0 Å². The van der Waals surface area contributed by atoms with Gasteiger partial charge in [-0.2, -0.15) is 0 Å². The van der Waals surface area contributed by atoms with E-state index in [2.05, 4.69) is 106 Å². The van der Waals surface area contributed by atoms with Crippen LogP contribution in [0.2, 0.25) is 0 Å². The molecule has 0 saturated heterocycles. The summed E-state index contributed by atoms with van der Waals surface area (Å²) in [5.74, 6) is -0.151. The van der Waals surface area contributed by atoms with Crippen molar-refractivity contribution in [1.29, 1.82) is 0 Å². The van der Waals surface area contributed by atoms with Gasteiger partial charge in [-0.3, -0.25) is 19.2 Å². The van der Waals surface area contributed by atoms with Crippen LogP contribution < -0.4 is 0 Å². The number of aromatic nitrogens is 2. The summed E-state index contributed by atoms with van der Waals surface area (Å²) in [6, 6.07) is 104. The molecule has 15 rings (SSSR count). The van der Waals surface area contributed by atoms with E-state index in [1.54, 1.807) is 0 Å². The van der Waals surface area contributed by atoms with Crippen LogP contribution >= 0.6 is 0 Å². The van der Waals surface area contributed by atoms with Crippen LogP contribution in [0.15, 0.2) is 315 Å². The van der Waals surface area contributed by atoms with Gasteiger partial charge >= 0.3 is 0 Å². The fraction of sp³-hybridized carbons (Fsp3) is 0. The van der Waals surface area contributed by atoms with Gasteiger partial charge in [0.2, 0.25) is 0 Å². The third kappa shape index (κ3) is 9.61. The lowest BCUT2D eigenvalue weighted by Crippen LogP contribution is -2.01. The number of para-hydroxylation sites is 2. The molecule has 2 aromatic heterocycles. The van der Waals surface area contributed by atoms with Crippen LogP contribution in [-0.2, 0) is 0 Å². The molecular formula is C82H52N2O4. The van der Waals surface area contributed by atoms with Crippen molar-refractivity contribution in [2.45, 2.75) is 0 Å². The quantitative estimate of drug-likeness (QED) is 0.102. The molecule has 0 atom stereocenters. The molecule has 0 aliphatic heterocycles. The molecule has 0 saturated carbocycles. The zero-order valence-electron chi connectivity index (χ0n) is 47.5. The van der Waals surface area contributed by atoms with Crippen LogP contribution in [0, 0.1) is 0 Å². The predicted octanol–water partition coefficient (Wildman–Crippen LogP) is 19.5. The summed E-state index contributed by atoms with van der Waals surface area (Å²) in [5.41, 5.74) is 18.6. The molecule has 0 unspecified atom stereocenters. The van der Waals surface area contributed by atoms with Crippen LogP contribution in [0.1, 0.15) is 63.7 Å². The van der Waals surface area contributed by atoms with Gasteiger partial charge in [0.05, 0.1) is 22.1 Å². The Morgan fingerprint density at radius 1 is 0.193 bits per heavy atom. The van der Waals surface area contributed by atoms with Gasteiger partial charge < -0.3 is 9.13 Å². The third-order valence-corrected chi connectivity index (χ3v) is 16.9. The fourth-order valence-electron chi connectivity index (χ4n) is 12.5. The molecule has 0 spiro atoms. The van der Waals surface area contributed by atoms with Gasteiger partial charge in [-0.1, -0.05) is 255 Å². The van der Waals surface area contributed by atoms with Gasteiger partial charge in [-0.05, 0) is 105 Å². The molecule has 0 bridgehead atoms. The largest absolute Gasteiger partial charge is 0.309 e. The summed E-state index contributed by atoms with van der Waals surface area (Å²) in [5, 5.41) is 4.40. The summed E-state index contributed by atoms with van der Waals surface area (Å²) >= 11 is 0. The first-order valence-corrected chi connectivity index (χ1v) is 29.4. The second kappa shape index (κ2) is 22.3. The molecule has 0 radical (unpaired) electrons. The SMILES string of the molecule is O=C(c1ccccc1)c1ccc(-c2cc(-c3ccc(C(=O)c4ccccc4)cc3)cc(-n3c4ccccc4c4c5c6ccccc6n(-c6cc(-c7ccc(C(=O)c8ccccc8)cc7)cc(-c7ccc(C(=O)c8ccccc8)cc7)c6)c5ccc43)c2)cc1. The number of benzene rings is 13. The topological polar surface area (TPSA) is 78.1 Å². The summed E-state index contributed by atoms with van der Waals surface area (Å²) < 4.78 is 4.72. The number of hydrogen-bond donors (Lipinski definition) is 0. The van der Waals surface area contributed by atoms with Crippen molar-refractivity contribution < 1.29 is 19.2 Å². The highest BCUT2D eigenvalue weighted by Gasteiger charge is 2.23. The van der Waals surface area contributed by atoms with Crippen LogP contribution in [-0.4, -0.2) is 32.3 Å².